The van der Waals surface area contributed by atoms with E-state index >= 15 is 0 Å². The largest absolute Gasteiger partial charge is 0.395 e. The van der Waals surface area contributed by atoms with Gasteiger partial charge in [0, 0.05) is 39.5 Å². The van der Waals surface area contributed by atoms with Gasteiger partial charge in [0.1, 0.15) is 0 Å². The van der Waals surface area contributed by atoms with Crippen LogP contribution in [0, 0.1) is 0 Å². The van der Waals surface area contributed by atoms with Crippen LogP contribution in [0.4, 0.5) is 0 Å². The molecule has 0 unspecified atom stereocenters. The van der Waals surface area contributed by atoms with Crippen molar-refractivity contribution < 1.29 is 9.84 Å². The normalized spacial score (nSPS) is 11.2. The van der Waals surface area contributed by atoms with Gasteiger partial charge in [-0.3, -0.25) is 9.58 Å². The highest BCUT2D eigenvalue weighted by Crippen LogP contribution is 2.04. The molecular formula is C11H21N3O2. The molecular weight excluding hydrogens is 206 g/mol. The van der Waals surface area contributed by atoms with Crippen molar-refractivity contribution in [2.24, 2.45) is 0 Å². The molecule has 0 radical (unpaired) electrons. The number of aromatic nitrogens is 2. The number of aliphatic hydroxyl groups is 1. The van der Waals surface area contributed by atoms with Crippen LogP contribution in [0.1, 0.15) is 12.6 Å². The highest BCUT2D eigenvalue weighted by molar-refractivity contribution is 5.00. The molecule has 0 bridgehead atoms. The van der Waals surface area contributed by atoms with Crippen LogP contribution in [-0.2, 0) is 17.8 Å². The third-order valence-electron chi connectivity index (χ3n) is 2.52. The maximum atomic E-state index is 8.99. The minimum atomic E-state index is 0.171. The van der Waals surface area contributed by atoms with Gasteiger partial charge in [-0.1, -0.05) is 0 Å². The van der Waals surface area contributed by atoms with Crippen LogP contribution in [0.5, 0.6) is 0 Å². The van der Waals surface area contributed by atoms with Crippen molar-refractivity contribution in [1.29, 1.82) is 0 Å². The monoisotopic (exact) mass is 227 g/mol. The smallest absolute Gasteiger partial charge is 0.0589 e. The zero-order valence-corrected chi connectivity index (χ0v) is 10.1. The number of ether oxygens (including phenoxy) is 1. The number of rotatable bonds is 8. The predicted molar refractivity (Wildman–Crippen MR) is 62.1 cm³/mol. The van der Waals surface area contributed by atoms with Crippen LogP contribution < -0.4 is 0 Å². The van der Waals surface area contributed by atoms with Crippen LogP contribution in [0.2, 0.25) is 0 Å². The second-order valence-electron chi connectivity index (χ2n) is 3.63. The van der Waals surface area contributed by atoms with Gasteiger partial charge in [-0.15, -0.1) is 0 Å². The predicted octanol–water partition coefficient (Wildman–Crippen LogP) is 0.344. The lowest BCUT2D eigenvalue weighted by atomic mass is 10.3. The second kappa shape index (κ2) is 7.38. The molecule has 92 valence electrons. The molecule has 5 heteroatoms. The first kappa shape index (κ1) is 13.2. The Kier molecular flexibility index (Phi) is 6.07. The summed E-state index contributed by atoms with van der Waals surface area (Å²) in [6, 6.07) is 2.01. The van der Waals surface area contributed by atoms with Gasteiger partial charge >= 0.3 is 0 Å². The molecule has 0 amide bonds. The van der Waals surface area contributed by atoms with Gasteiger partial charge in [-0.2, -0.15) is 5.10 Å². The molecule has 0 spiro atoms. The fraction of sp³-hybridized carbons (Fsp3) is 0.727. The average molecular weight is 227 g/mol. The molecule has 0 saturated carbocycles. The third kappa shape index (κ3) is 3.92. The number of aliphatic hydroxyl groups excluding tert-OH is 1. The molecule has 1 aromatic rings. The molecule has 1 aromatic heterocycles. The number of hydrogen-bond donors (Lipinski definition) is 1. The van der Waals surface area contributed by atoms with E-state index in [2.05, 4.69) is 16.9 Å². The Morgan fingerprint density at radius 2 is 2.31 bits per heavy atom. The van der Waals surface area contributed by atoms with Gasteiger partial charge < -0.3 is 9.84 Å². The summed E-state index contributed by atoms with van der Waals surface area (Å²) in [6.45, 7) is 6.09. The minimum absolute atomic E-state index is 0.171. The molecule has 0 saturated heterocycles. The van der Waals surface area contributed by atoms with Crippen molar-refractivity contribution >= 4 is 0 Å². The summed E-state index contributed by atoms with van der Waals surface area (Å²) in [6.07, 6.45) is 1.81. The van der Waals surface area contributed by atoms with Gasteiger partial charge in [0.25, 0.3) is 0 Å². The van der Waals surface area contributed by atoms with Crippen LogP contribution in [0.25, 0.3) is 0 Å². The highest BCUT2D eigenvalue weighted by atomic mass is 16.5. The number of methoxy groups -OCH3 is 1. The van der Waals surface area contributed by atoms with Gasteiger partial charge in [0.05, 0.1) is 18.9 Å². The molecule has 0 aliphatic carbocycles. The van der Waals surface area contributed by atoms with E-state index in [9.17, 15) is 0 Å². The van der Waals surface area contributed by atoms with Gasteiger partial charge in [0.15, 0.2) is 0 Å². The fourth-order valence-electron chi connectivity index (χ4n) is 1.64. The van der Waals surface area contributed by atoms with E-state index in [0.717, 1.165) is 19.6 Å². The van der Waals surface area contributed by atoms with E-state index in [4.69, 9.17) is 9.84 Å². The first-order valence-electron chi connectivity index (χ1n) is 5.64. The average Bonchev–Trinajstić information content (AvgIpc) is 2.73. The summed E-state index contributed by atoms with van der Waals surface area (Å²) in [5, 5.41) is 13.2. The van der Waals surface area contributed by atoms with Gasteiger partial charge in [0.2, 0.25) is 0 Å². The molecule has 0 aromatic carbocycles. The topological polar surface area (TPSA) is 50.5 Å². The van der Waals surface area contributed by atoms with Crippen LogP contribution in [0.15, 0.2) is 12.3 Å². The first-order chi connectivity index (χ1) is 7.81. The molecule has 1 heterocycles. The Hall–Kier alpha value is -0.910. The standard InChI is InChI=1S/C11H21N3O2/c1-3-14-11(4-5-12-14)10-13(6-8-15)7-9-16-2/h4-5,15H,3,6-10H2,1-2H3. The lowest BCUT2D eigenvalue weighted by Crippen LogP contribution is -2.30. The summed E-state index contributed by atoms with van der Waals surface area (Å²) in [5.74, 6) is 0. The van der Waals surface area contributed by atoms with Crippen LogP contribution in [-0.4, -0.2) is 53.2 Å². The first-order valence-corrected chi connectivity index (χ1v) is 5.64. The Labute approximate surface area is 96.6 Å². The van der Waals surface area contributed by atoms with E-state index in [1.807, 2.05) is 16.9 Å². The van der Waals surface area contributed by atoms with Crippen molar-refractivity contribution in [3.8, 4) is 0 Å². The summed E-state index contributed by atoms with van der Waals surface area (Å²) < 4.78 is 7.02. The Balaban J connectivity index is 2.52. The van der Waals surface area contributed by atoms with E-state index in [-0.39, 0.29) is 6.61 Å². The maximum absolute atomic E-state index is 8.99. The fourth-order valence-corrected chi connectivity index (χ4v) is 1.64. The zero-order chi connectivity index (χ0) is 11.8. The van der Waals surface area contributed by atoms with E-state index < -0.39 is 0 Å². The van der Waals surface area contributed by atoms with Crippen molar-refractivity contribution in [2.75, 3.05) is 33.4 Å². The van der Waals surface area contributed by atoms with Crippen molar-refractivity contribution in [3.63, 3.8) is 0 Å². The molecule has 0 fully saturated rings. The van der Waals surface area contributed by atoms with Crippen molar-refractivity contribution in [3.05, 3.63) is 18.0 Å². The number of hydrogen-bond acceptors (Lipinski definition) is 4. The lowest BCUT2D eigenvalue weighted by molar-refractivity contribution is 0.125. The zero-order valence-electron chi connectivity index (χ0n) is 10.1. The molecule has 0 atom stereocenters. The highest BCUT2D eigenvalue weighted by Gasteiger charge is 2.08. The third-order valence-corrected chi connectivity index (χ3v) is 2.52. The van der Waals surface area contributed by atoms with Gasteiger partial charge in [-0.05, 0) is 13.0 Å². The maximum Gasteiger partial charge on any atom is 0.0589 e. The van der Waals surface area contributed by atoms with Crippen molar-refractivity contribution in [1.82, 2.24) is 14.7 Å². The molecule has 1 rings (SSSR count). The van der Waals surface area contributed by atoms with Crippen LogP contribution >= 0.6 is 0 Å². The summed E-state index contributed by atoms with van der Waals surface area (Å²) in [5.41, 5.74) is 1.17. The Morgan fingerprint density at radius 3 is 2.94 bits per heavy atom. The Bertz CT molecular complexity index is 289. The molecule has 0 aliphatic heterocycles. The van der Waals surface area contributed by atoms with E-state index in [1.165, 1.54) is 5.69 Å². The number of aryl methyl sites for hydroxylation is 1. The Morgan fingerprint density at radius 1 is 1.50 bits per heavy atom. The molecule has 16 heavy (non-hydrogen) atoms. The van der Waals surface area contributed by atoms with E-state index in [0.29, 0.717) is 13.2 Å². The van der Waals surface area contributed by atoms with Crippen molar-refractivity contribution in [2.45, 2.75) is 20.0 Å². The summed E-state index contributed by atoms with van der Waals surface area (Å²) in [7, 11) is 1.69. The molecule has 5 nitrogen and oxygen atoms in total. The van der Waals surface area contributed by atoms with Gasteiger partial charge in [-0.25, -0.2) is 0 Å². The second-order valence-corrected chi connectivity index (χ2v) is 3.63. The van der Waals surface area contributed by atoms with Crippen LogP contribution in [0.3, 0.4) is 0 Å². The molecule has 1 N–H and O–H groups in total. The summed E-state index contributed by atoms with van der Waals surface area (Å²) in [4.78, 5) is 2.16. The lowest BCUT2D eigenvalue weighted by Gasteiger charge is -2.21. The minimum Gasteiger partial charge on any atom is -0.395 e. The quantitative estimate of drug-likeness (QED) is 0.696. The molecule has 0 aliphatic rings. The summed E-state index contributed by atoms with van der Waals surface area (Å²) >= 11 is 0. The van der Waals surface area contributed by atoms with E-state index in [1.54, 1.807) is 7.11 Å². The SMILES string of the molecule is CCn1nccc1CN(CCO)CCOC. The number of nitrogens with zero attached hydrogens (tertiary/aromatic N) is 3.